The van der Waals surface area contributed by atoms with E-state index in [0.717, 1.165) is 36.9 Å². The van der Waals surface area contributed by atoms with Crippen LogP contribution in [0.2, 0.25) is 0 Å². The first-order valence-electron chi connectivity index (χ1n) is 7.55. The number of aryl methyl sites for hydroxylation is 1. The highest BCUT2D eigenvalue weighted by Crippen LogP contribution is 2.22. The molecule has 1 unspecified atom stereocenters. The van der Waals surface area contributed by atoms with E-state index in [1.807, 2.05) is 0 Å². The number of likely N-dealkylation sites (tertiary alicyclic amines) is 1. The molecule has 0 aromatic heterocycles. The molecule has 3 N–H and O–H groups in total. The summed E-state index contributed by atoms with van der Waals surface area (Å²) >= 11 is 3.58. The number of piperidine rings is 1. The number of hydrogen-bond acceptors (Lipinski definition) is 3. The molecule has 22 heavy (non-hydrogen) atoms. The lowest BCUT2D eigenvalue weighted by Crippen LogP contribution is -2.43. The van der Waals surface area contributed by atoms with Crippen LogP contribution in [-0.4, -0.2) is 37.0 Å². The lowest BCUT2D eigenvalue weighted by molar-refractivity contribution is -0.126. The van der Waals surface area contributed by atoms with Gasteiger partial charge in [0, 0.05) is 30.7 Å². The average molecular weight is 391 g/mol. The molecule has 2 rings (SSSR count). The molecule has 1 heterocycles. The Kier molecular flexibility index (Phi) is 8.39. The average Bonchev–Trinajstić information content (AvgIpc) is 2.49. The van der Waals surface area contributed by atoms with Crippen LogP contribution in [-0.2, 0) is 11.3 Å². The summed E-state index contributed by atoms with van der Waals surface area (Å²) in [5.41, 5.74) is 7.97. The van der Waals surface area contributed by atoms with E-state index in [9.17, 15) is 4.79 Å². The van der Waals surface area contributed by atoms with E-state index in [1.165, 1.54) is 11.1 Å². The number of nitrogens with zero attached hydrogens (tertiary/aromatic N) is 1. The maximum atomic E-state index is 12.1. The van der Waals surface area contributed by atoms with Crippen molar-refractivity contribution in [3.63, 3.8) is 0 Å². The van der Waals surface area contributed by atoms with Gasteiger partial charge in [0.2, 0.25) is 5.91 Å². The summed E-state index contributed by atoms with van der Waals surface area (Å²) < 4.78 is 1.15. The van der Waals surface area contributed by atoms with Gasteiger partial charge in [-0.15, -0.1) is 12.4 Å². The monoisotopic (exact) mass is 389 g/mol. The zero-order valence-corrected chi connectivity index (χ0v) is 15.4. The van der Waals surface area contributed by atoms with E-state index in [0.29, 0.717) is 13.1 Å². The third-order valence-electron chi connectivity index (χ3n) is 3.96. The molecule has 124 valence electrons. The number of benzene rings is 1. The number of carbonyl (C=O) groups excluding carboxylic acids is 1. The van der Waals surface area contributed by atoms with Crippen molar-refractivity contribution in [3.05, 3.63) is 33.8 Å². The van der Waals surface area contributed by atoms with E-state index in [4.69, 9.17) is 5.73 Å². The van der Waals surface area contributed by atoms with Gasteiger partial charge in [0.25, 0.3) is 0 Å². The molecule has 1 aliphatic heterocycles. The summed E-state index contributed by atoms with van der Waals surface area (Å²) in [6.07, 6.45) is 2.05. The molecule has 0 spiro atoms. The molecule has 4 nitrogen and oxygen atoms in total. The molecule has 1 saturated heterocycles. The summed E-state index contributed by atoms with van der Waals surface area (Å²) in [5.74, 6) is 0.245. The van der Waals surface area contributed by atoms with Crippen LogP contribution in [0.15, 0.2) is 22.7 Å². The molecular weight excluding hydrogens is 366 g/mol. The molecule has 0 aliphatic carbocycles. The fourth-order valence-electron chi connectivity index (χ4n) is 2.75. The maximum Gasteiger partial charge on any atom is 0.224 e. The van der Waals surface area contributed by atoms with Crippen molar-refractivity contribution in [1.82, 2.24) is 10.2 Å². The molecule has 1 fully saturated rings. The van der Waals surface area contributed by atoms with Gasteiger partial charge in [-0.05, 0) is 43.5 Å². The predicted molar refractivity (Wildman–Crippen MR) is 96.2 cm³/mol. The Bertz CT molecular complexity index is 498. The summed E-state index contributed by atoms with van der Waals surface area (Å²) in [6, 6.07) is 6.47. The molecular formula is C16H25BrClN3O. The molecule has 1 aromatic carbocycles. The highest BCUT2D eigenvalue weighted by Gasteiger charge is 2.25. The number of halogens is 2. The predicted octanol–water partition coefficient (Wildman–Crippen LogP) is 2.47. The first-order valence-corrected chi connectivity index (χ1v) is 8.34. The quantitative estimate of drug-likeness (QED) is 0.812. The zero-order valence-electron chi connectivity index (χ0n) is 13.0. The Hall–Kier alpha value is -0.620. The van der Waals surface area contributed by atoms with Crippen LogP contribution < -0.4 is 11.1 Å². The first-order chi connectivity index (χ1) is 10.1. The van der Waals surface area contributed by atoms with Gasteiger partial charge in [0.15, 0.2) is 0 Å². The second-order valence-corrected chi connectivity index (χ2v) is 6.59. The van der Waals surface area contributed by atoms with Gasteiger partial charge in [0.1, 0.15) is 0 Å². The van der Waals surface area contributed by atoms with Gasteiger partial charge in [-0.2, -0.15) is 0 Å². The number of amides is 1. The molecule has 6 heteroatoms. The largest absolute Gasteiger partial charge is 0.355 e. The van der Waals surface area contributed by atoms with Gasteiger partial charge < -0.3 is 11.1 Å². The van der Waals surface area contributed by atoms with Crippen molar-refractivity contribution in [2.45, 2.75) is 26.3 Å². The standard InChI is InChI=1S/C16H24BrN3O.ClH/c1-12-4-5-13(9-15(12)17)10-20-8-2-3-14(11-20)16(21)19-7-6-18;/h4-5,9,14H,2-3,6-8,10-11,18H2,1H3,(H,19,21);1H. The van der Waals surface area contributed by atoms with Gasteiger partial charge >= 0.3 is 0 Å². The second-order valence-electron chi connectivity index (χ2n) is 5.74. The fourth-order valence-corrected chi connectivity index (χ4v) is 3.17. The second kappa shape index (κ2) is 9.50. The highest BCUT2D eigenvalue weighted by molar-refractivity contribution is 9.10. The third-order valence-corrected chi connectivity index (χ3v) is 4.82. The van der Waals surface area contributed by atoms with E-state index < -0.39 is 0 Å². The lowest BCUT2D eigenvalue weighted by Gasteiger charge is -2.32. The molecule has 1 amide bonds. The molecule has 1 aromatic rings. The van der Waals surface area contributed by atoms with Crippen molar-refractivity contribution >= 4 is 34.2 Å². The topological polar surface area (TPSA) is 58.4 Å². The van der Waals surface area contributed by atoms with Crippen LogP contribution in [0.4, 0.5) is 0 Å². The normalized spacial score (nSPS) is 18.6. The summed E-state index contributed by atoms with van der Waals surface area (Å²) in [6.45, 7) is 5.96. The number of nitrogens with two attached hydrogens (primary N) is 1. The summed E-state index contributed by atoms with van der Waals surface area (Å²) in [5, 5.41) is 2.90. The molecule has 1 aliphatic rings. The number of nitrogens with one attached hydrogen (secondary N) is 1. The number of carbonyl (C=O) groups is 1. The molecule has 0 saturated carbocycles. The Morgan fingerprint density at radius 3 is 2.95 bits per heavy atom. The number of rotatable bonds is 5. The summed E-state index contributed by atoms with van der Waals surface area (Å²) in [7, 11) is 0. The van der Waals surface area contributed by atoms with Crippen molar-refractivity contribution in [1.29, 1.82) is 0 Å². The van der Waals surface area contributed by atoms with E-state index >= 15 is 0 Å². The van der Waals surface area contributed by atoms with E-state index in [1.54, 1.807) is 0 Å². The van der Waals surface area contributed by atoms with Gasteiger partial charge in [0.05, 0.1) is 5.92 Å². The van der Waals surface area contributed by atoms with Crippen LogP contribution >= 0.6 is 28.3 Å². The SMILES string of the molecule is Cc1ccc(CN2CCCC(C(=O)NCCN)C2)cc1Br.Cl. The highest BCUT2D eigenvalue weighted by atomic mass is 79.9. The minimum atomic E-state index is 0. The Labute approximate surface area is 147 Å². The van der Waals surface area contributed by atoms with Crippen LogP contribution in [0.5, 0.6) is 0 Å². The van der Waals surface area contributed by atoms with Crippen LogP contribution in [0.1, 0.15) is 24.0 Å². The van der Waals surface area contributed by atoms with Crippen molar-refractivity contribution in [2.75, 3.05) is 26.2 Å². The van der Waals surface area contributed by atoms with Crippen LogP contribution in [0, 0.1) is 12.8 Å². The van der Waals surface area contributed by atoms with Gasteiger partial charge in [-0.3, -0.25) is 9.69 Å². The molecule has 0 radical (unpaired) electrons. The maximum absolute atomic E-state index is 12.1. The molecule has 0 bridgehead atoms. The Morgan fingerprint density at radius 2 is 2.27 bits per heavy atom. The number of hydrogen-bond donors (Lipinski definition) is 2. The Balaban J connectivity index is 0.00000242. The van der Waals surface area contributed by atoms with Gasteiger partial charge in [-0.1, -0.05) is 28.1 Å². The van der Waals surface area contributed by atoms with Crippen molar-refractivity contribution < 1.29 is 4.79 Å². The minimum absolute atomic E-state index is 0. The summed E-state index contributed by atoms with van der Waals surface area (Å²) in [4.78, 5) is 14.4. The van der Waals surface area contributed by atoms with Crippen molar-refractivity contribution in [2.24, 2.45) is 11.7 Å². The van der Waals surface area contributed by atoms with Gasteiger partial charge in [-0.25, -0.2) is 0 Å². The van der Waals surface area contributed by atoms with Crippen molar-refractivity contribution in [3.8, 4) is 0 Å². The van der Waals surface area contributed by atoms with Crippen LogP contribution in [0.3, 0.4) is 0 Å². The smallest absolute Gasteiger partial charge is 0.224 e. The Morgan fingerprint density at radius 1 is 1.50 bits per heavy atom. The lowest BCUT2D eigenvalue weighted by atomic mass is 9.96. The fraction of sp³-hybridized carbons (Fsp3) is 0.562. The minimum Gasteiger partial charge on any atom is -0.355 e. The first kappa shape index (κ1) is 19.4. The van der Waals surface area contributed by atoms with E-state index in [-0.39, 0.29) is 24.2 Å². The third kappa shape index (κ3) is 5.54. The van der Waals surface area contributed by atoms with Crippen LogP contribution in [0.25, 0.3) is 0 Å². The zero-order chi connectivity index (χ0) is 15.2. The molecule has 1 atom stereocenters. The van der Waals surface area contributed by atoms with E-state index in [2.05, 4.69) is 51.3 Å².